The number of aryl methyl sites for hydroxylation is 2. The number of aliphatic carboxylic acids is 1. The normalized spacial score (nSPS) is 13.2. The Bertz CT molecular complexity index is 1510. The van der Waals surface area contributed by atoms with E-state index < -0.39 is 35.6 Å². The average Bonchev–Trinajstić information content (AvgIpc) is 2.94. The molecule has 0 heterocycles. The number of carbonyl (C=O) groups excluding carboxylic acids is 3. The Morgan fingerprint density at radius 2 is 1.49 bits per heavy atom. The van der Waals surface area contributed by atoms with Gasteiger partial charge >= 0.3 is 12.3 Å². The lowest BCUT2D eigenvalue weighted by molar-refractivity contribution is -0.274. The molecular weight excluding hydrogens is 539 g/mol. The largest absolute Gasteiger partial charge is 0.573 e. The molecule has 0 spiro atoms. The number of ether oxygens (including phenoxy) is 1. The molecule has 1 amide bonds. The molecule has 1 aliphatic rings. The summed E-state index contributed by atoms with van der Waals surface area (Å²) in [5, 5.41) is 11.2. The molecule has 7 nitrogen and oxygen atoms in total. The van der Waals surface area contributed by atoms with Gasteiger partial charge in [-0.25, -0.2) is 0 Å². The maximum atomic E-state index is 13.7. The topological polar surface area (TPSA) is 110 Å². The highest BCUT2D eigenvalue weighted by molar-refractivity contribution is 6.32. The molecule has 0 aromatic heterocycles. The number of ketones is 2. The number of rotatable bonds is 10. The fourth-order valence-electron chi connectivity index (χ4n) is 4.56. The Morgan fingerprint density at radius 1 is 0.829 bits per heavy atom. The zero-order valence-corrected chi connectivity index (χ0v) is 21.8. The van der Waals surface area contributed by atoms with Crippen molar-refractivity contribution in [2.45, 2.75) is 38.5 Å². The number of alkyl halides is 3. The molecule has 0 saturated heterocycles. The van der Waals surface area contributed by atoms with Crippen LogP contribution < -0.4 is 10.1 Å². The van der Waals surface area contributed by atoms with Gasteiger partial charge in [0.25, 0.3) is 5.91 Å². The summed E-state index contributed by atoms with van der Waals surface area (Å²) in [5.41, 5.74) is 3.05. The van der Waals surface area contributed by atoms with Crippen LogP contribution in [0, 0.1) is 0 Å². The summed E-state index contributed by atoms with van der Waals surface area (Å²) in [4.78, 5) is 49.9. The second-order valence-corrected chi connectivity index (χ2v) is 9.49. The van der Waals surface area contributed by atoms with E-state index in [4.69, 9.17) is 5.11 Å². The minimum atomic E-state index is -4.93. The molecule has 0 unspecified atom stereocenters. The lowest BCUT2D eigenvalue weighted by Crippen LogP contribution is -2.26. The third-order valence-electron chi connectivity index (χ3n) is 6.57. The molecule has 212 valence electrons. The molecule has 0 aliphatic heterocycles. The molecule has 3 aromatic carbocycles. The van der Waals surface area contributed by atoms with E-state index in [1.807, 2.05) is 12.1 Å². The third kappa shape index (κ3) is 7.91. The van der Waals surface area contributed by atoms with Gasteiger partial charge in [-0.15, -0.1) is 13.2 Å². The van der Waals surface area contributed by atoms with Crippen LogP contribution in [-0.4, -0.2) is 41.5 Å². The first-order chi connectivity index (χ1) is 19.5. The van der Waals surface area contributed by atoms with E-state index in [-0.39, 0.29) is 35.2 Å². The van der Waals surface area contributed by atoms with Crippen LogP contribution in [0.1, 0.15) is 67.0 Å². The molecule has 10 heteroatoms. The number of amides is 1. The van der Waals surface area contributed by atoms with Gasteiger partial charge in [0.2, 0.25) is 0 Å². The maximum Gasteiger partial charge on any atom is 0.573 e. The molecule has 0 saturated carbocycles. The van der Waals surface area contributed by atoms with Crippen LogP contribution in [0.2, 0.25) is 0 Å². The number of carboxylic acids is 1. The van der Waals surface area contributed by atoms with Gasteiger partial charge in [0.1, 0.15) is 5.75 Å². The number of Topliss-reactive ketones (excluding diaryl/α,β-unsaturated/α-hetero) is 1. The fourth-order valence-corrected chi connectivity index (χ4v) is 4.56. The van der Waals surface area contributed by atoms with Crippen molar-refractivity contribution in [2.75, 3.05) is 6.54 Å². The van der Waals surface area contributed by atoms with E-state index in [0.29, 0.717) is 5.56 Å². The SMILES string of the molecule is O=C(O)CCNC(=O)c1ccc(C(=O)C(=CC(=O)c2cccc(OC(F)(F)F)c2)c2ccc3c(c2)CCCC3)cc1. The molecule has 2 N–H and O–H groups in total. The molecule has 3 aromatic rings. The van der Waals surface area contributed by atoms with Crippen molar-refractivity contribution in [1.82, 2.24) is 5.32 Å². The Balaban J connectivity index is 1.66. The van der Waals surface area contributed by atoms with Gasteiger partial charge < -0.3 is 15.2 Å². The highest BCUT2D eigenvalue weighted by atomic mass is 19.4. The first kappa shape index (κ1) is 29.3. The first-order valence-electron chi connectivity index (χ1n) is 12.9. The molecule has 0 bridgehead atoms. The van der Waals surface area contributed by atoms with Crippen LogP contribution in [0.3, 0.4) is 0 Å². The van der Waals surface area contributed by atoms with E-state index in [0.717, 1.165) is 55.0 Å². The number of hydrogen-bond acceptors (Lipinski definition) is 5. The number of benzene rings is 3. The Morgan fingerprint density at radius 3 is 2.17 bits per heavy atom. The van der Waals surface area contributed by atoms with E-state index in [1.54, 1.807) is 6.07 Å². The molecular formula is C31H26F3NO6. The number of carboxylic acid groups (broad SMARTS) is 1. The lowest BCUT2D eigenvalue weighted by Gasteiger charge is -2.17. The molecule has 4 rings (SSSR count). The summed E-state index contributed by atoms with van der Waals surface area (Å²) in [6.45, 7) is -0.0581. The Kier molecular flexibility index (Phi) is 9.01. The highest BCUT2D eigenvalue weighted by Crippen LogP contribution is 2.29. The van der Waals surface area contributed by atoms with Gasteiger partial charge in [0.05, 0.1) is 6.42 Å². The lowest BCUT2D eigenvalue weighted by atomic mass is 9.87. The third-order valence-corrected chi connectivity index (χ3v) is 6.57. The van der Waals surface area contributed by atoms with E-state index >= 15 is 0 Å². The quantitative estimate of drug-likeness (QED) is 0.237. The summed E-state index contributed by atoms with van der Waals surface area (Å²) in [7, 11) is 0. The predicted octanol–water partition coefficient (Wildman–Crippen LogP) is 5.82. The smallest absolute Gasteiger partial charge is 0.481 e. The van der Waals surface area contributed by atoms with Crippen LogP contribution in [0.15, 0.2) is 72.8 Å². The minimum absolute atomic E-state index is 0.0455. The Hall–Kier alpha value is -4.73. The van der Waals surface area contributed by atoms with Gasteiger partial charge in [-0.1, -0.05) is 42.5 Å². The van der Waals surface area contributed by atoms with Gasteiger partial charge in [-0.3, -0.25) is 19.2 Å². The maximum absolute atomic E-state index is 13.7. The number of halogens is 3. The zero-order valence-electron chi connectivity index (χ0n) is 21.8. The van der Waals surface area contributed by atoms with Crippen LogP contribution in [0.5, 0.6) is 5.75 Å². The van der Waals surface area contributed by atoms with Crippen molar-refractivity contribution in [3.8, 4) is 5.75 Å². The fraction of sp³-hybridized carbons (Fsp3) is 0.226. The number of fused-ring (bicyclic) bond motifs is 1. The standard InChI is InChI=1S/C31H26F3NO6/c32-31(33,34)41-25-7-3-6-24(17-25)27(36)18-26(23-13-8-19-4-1-2-5-22(19)16-23)29(39)20-9-11-21(12-10-20)30(40)35-15-14-28(37)38/h3,6-13,16-18H,1-2,4-5,14-15H2,(H,35,40)(H,37,38). The number of nitrogens with one attached hydrogen (secondary N) is 1. The molecule has 1 aliphatic carbocycles. The second kappa shape index (κ2) is 12.6. The van der Waals surface area contributed by atoms with Crippen molar-refractivity contribution >= 4 is 29.0 Å². The van der Waals surface area contributed by atoms with E-state index in [1.165, 1.54) is 36.4 Å². The van der Waals surface area contributed by atoms with Crippen LogP contribution in [0.4, 0.5) is 13.2 Å². The number of carbonyl (C=O) groups is 4. The first-order valence-corrected chi connectivity index (χ1v) is 12.9. The van der Waals surface area contributed by atoms with Gasteiger partial charge in [-0.2, -0.15) is 0 Å². The zero-order chi connectivity index (χ0) is 29.6. The summed E-state index contributed by atoms with van der Waals surface area (Å²) >= 11 is 0. The number of hydrogen-bond donors (Lipinski definition) is 2. The van der Waals surface area contributed by atoms with Gasteiger partial charge in [-0.05, 0) is 72.7 Å². The van der Waals surface area contributed by atoms with Crippen molar-refractivity contribution in [1.29, 1.82) is 0 Å². The highest BCUT2D eigenvalue weighted by Gasteiger charge is 2.31. The summed E-state index contributed by atoms with van der Waals surface area (Å²) in [6.07, 6.45) is -0.294. The molecule has 0 atom stereocenters. The van der Waals surface area contributed by atoms with E-state index in [9.17, 15) is 32.3 Å². The minimum Gasteiger partial charge on any atom is -0.481 e. The summed E-state index contributed by atoms with van der Waals surface area (Å²) in [6, 6.07) is 15.8. The molecule has 41 heavy (non-hydrogen) atoms. The Labute approximate surface area is 233 Å². The second-order valence-electron chi connectivity index (χ2n) is 9.49. The monoisotopic (exact) mass is 565 g/mol. The van der Waals surface area contributed by atoms with Crippen molar-refractivity contribution in [3.63, 3.8) is 0 Å². The van der Waals surface area contributed by atoms with Crippen molar-refractivity contribution < 1.29 is 42.2 Å². The molecule has 0 radical (unpaired) electrons. The predicted molar refractivity (Wildman–Crippen MR) is 144 cm³/mol. The van der Waals surface area contributed by atoms with Crippen molar-refractivity contribution in [2.24, 2.45) is 0 Å². The van der Waals surface area contributed by atoms with Crippen LogP contribution in [-0.2, 0) is 17.6 Å². The van der Waals surface area contributed by atoms with Gasteiger partial charge in [0, 0.05) is 28.8 Å². The van der Waals surface area contributed by atoms with Crippen molar-refractivity contribution in [3.05, 3.63) is 106 Å². The van der Waals surface area contributed by atoms with Crippen LogP contribution >= 0.6 is 0 Å². The van der Waals surface area contributed by atoms with Gasteiger partial charge in [0.15, 0.2) is 11.6 Å². The van der Waals surface area contributed by atoms with Crippen LogP contribution in [0.25, 0.3) is 5.57 Å². The average molecular weight is 566 g/mol. The molecule has 0 fully saturated rings. The number of allylic oxidation sites excluding steroid dienone is 2. The van der Waals surface area contributed by atoms with E-state index in [2.05, 4.69) is 10.1 Å². The summed E-state index contributed by atoms with van der Waals surface area (Å²) < 4.78 is 42.0. The summed E-state index contributed by atoms with van der Waals surface area (Å²) in [5.74, 6) is -3.33.